The Labute approximate surface area is 96.6 Å². The summed E-state index contributed by atoms with van der Waals surface area (Å²) in [5.41, 5.74) is 0.227. The van der Waals surface area contributed by atoms with E-state index >= 15 is 0 Å². The van der Waals surface area contributed by atoms with Crippen LogP contribution in [-0.2, 0) is 11.1 Å². The number of hydrogen-bond donors (Lipinski definition) is 0. The van der Waals surface area contributed by atoms with Crippen LogP contribution in [0.15, 0.2) is 34.5 Å². The summed E-state index contributed by atoms with van der Waals surface area (Å²) in [5, 5.41) is 6.77. The Hall–Kier alpha value is -1.48. The smallest absolute Gasteiger partial charge is 0.573 e. The molecule has 0 aliphatic carbocycles. The van der Waals surface area contributed by atoms with Crippen molar-refractivity contribution in [3.63, 3.8) is 0 Å². The molecule has 0 aromatic heterocycles. The van der Waals surface area contributed by atoms with Crippen LogP contribution in [0.4, 0.5) is 18.9 Å². The van der Waals surface area contributed by atoms with Crippen LogP contribution in [0.3, 0.4) is 0 Å². The van der Waals surface area contributed by atoms with Crippen LogP contribution in [0.5, 0.6) is 5.75 Å². The Morgan fingerprint density at radius 1 is 1.29 bits per heavy atom. The molecule has 94 valence electrons. The number of hydrogen-bond acceptors (Lipinski definition) is 5. The van der Waals surface area contributed by atoms with Gasteiger partial charge in [-0.3, -0.25) is 4.21 Å². The molecule has 0 radical (unpaired) electrons. The molecular formula is C8H6F3N2O3S-. The molecule has 0 fully saturated rings. The Balaban J connectivity index is 2.62. The van der Waals surface area contributed by atoms with Gasteiger partial charge >= 0.3 is 6.36 Å². The quantitative estimate of drug-likeness (QED) is 0.621. The van der Waals surface area contributed by atoms with Crippen LogP contribution >= 0.6 is 0 Å². The molecular weight excluding hydrogens is 261 g/mol. The zero-order valence-electron chi connectivity index (χ0n) is 8.18. The number of ether oxygens (including phenoxy) is 1. The van der Waals surface area contributed by atoms with Crippen molar-refractivity contribution in [3.05, 3.63) is 24.3 Å². The first-order valence-electron chi connectivity index (χ1n) is 4.16. The van der Waals surface area contributed by atoms with Crippen molar-refractivity contribution in [1.82, 2.24) is 0 Å². The third-order valence-electron chi connectivity index (χ3n) is 1.42. The van der Waals surface area contributed by atoms with Gasteiger partial charge in [-0.1, -0.05) is 0 Å². The molecule has 1 unspecified atom stereocenters. The molecule has 1 aromatic rings. The van der Waals surface area contributed by atoms with Crippen molar-refractivity contribution < 1.29 is 26.7 Å². The Morgan fingerprint density at radius 3 is 2.35 bits per heavy atom. The van der Waals surface area contributed by atoms with Gasteiger partial charge in [-0.05, 0) is 35.3 Å². The third kappa shape index (κ3) is 5.97. The standard InChI is InChI=1S/C8H7F3N2O3S/c9-8(10,11)16-7-3-1-6(2-4-7)13-12-5-17(14)15/h1-4H,5H2,(H,14,15)/p-1. The first kappa shape index (κ1) is 13.6. The van der Waals surface area contributed by atoms with E-state index in [9.17, 15) is 21.9 Å². The number of nitrogens with zero attached hydrogens (tertiary/aromatic N) is 2. The molecule has 1 atom stereocenters. The summed E-state index contributed by atoms with van der Waals surface area (Å²) in [4.78, 5) is 0. The number of benzene rings is 1. The Kier molecular flexibility index (Phi) is 4.58. The van der Waals surface area contributed by atoms with Gasteiger partial charge in [0.15, 0.2) is 0 Å². The van der Waals surface area contributed by atoms with Gasteiger partial charge in [-0.2, -0.15) is 10.2 Å². The first-order chi connectivity index (χ1) is 7.87. The molecule has 0 amide bonds. The molecule has 0 N–H and O–H groups in total. The first-order valence-corrected chi connectivity index (χ1v) is 5.40. The van der Waals surface area contributed by atoms with Gasteiger partial charge < -0.3 is 9.29 Å². The molecule has 0 saturated heterocycles. The highest BCUT2D eigenvalue weighted by atomic mass is 32.2. The second kappa shape index (κ2) is 5.73. The van der Waals surface area contributed by atoms with E-state index in [4.69, 9.17) is 0 Å². The molecule has 0 aliphatic rings. The van der Waals surface area contributed by atoms with Gasteiger partial charge in [-0.15, -0.1) is 13.2 Å². The second-order valence-electron chi connectivity index (χ2n) is 2.72. The third-order valence-corrected chi connectivity index (χ3v) is 1.75. The van der Waals surface area contributed by atoms with E-state index in [0.29, 0.717) is 0 Å². The lowest BCUT2D eigenvalue weighted by atomic mass is 10.3. The number of halogens is 3. The lowest BCUT2D eigenvalue weighted by molar-refractivity contribution is -0.274. The van der Waals surface area contributed by atoms with E-state index in [2.05, 4.69) is 15.0 Å². The molecule has 5 nitrogen and oxygen atoms in total. The number of azo groups is 1. The van der Waals surface area contributed by atoms with Crippen molar-refractivity contribution >= 4 is 16.8 Å². The minimum atomic E-state index is -4.75. The van der Waals surface area contributed by atoms with Crippen LogP contribution in [0.1, 0.15) is 0 Å². The maximum atomic E-state index is 11.8. The highest BCUT2D eigenvalue weighted by molar-refractivity contribution is 7.79. The van der Waals surface area contributed by atoms with E-state index in [1.165, 1.54) is 12.1 Å². The average molecular weight is 267 g/mol. The van der Waals surface area contributed by atoms with E-state index < -0.39 is 23.3 Å². The Morgan fingerprint density at radius 2 is 1.88 bits per heavy atom. The normalized spacial score (nSPS) is 13.9. The van der Waals surface area contributed by atoms with Crippen molar-refractivity contribution in [2.45, 2.75) is 6.36 Å². The lowest BCUT2D eigenvalue weighted by Crippen LogP contribution is -2.16. The van der Waals surface area contributed by atoms with Gasteiger partial charge in [0.2, 0.25) is 0 Å². The zero-order chi connectivity index (χ0) is 12.9. The fourth-order valence-electron chi connectivity index (χ4n) is 0.872. The van der Waals surface area contributed by atoms with Crippen LogP contribution < -0.4 is 4.74 Å². The van der Waals surface area contributed by atoms with Crippen molar-refractivity contribution in [1.29, 1.82) is 0 Å². The maximum absolute atomic E-state index is 11.8. The van der Waals surface area contributed by atoms with Gasteiger partial charge in [0.25, 0.3) is 0 Å². The average Bonchev–Trinajstić information content (AvgIpc) is 2.18. The van der Waals surface area contributed by atoms with E-state index in [1.807, 2.05) is 0 Å². The van der Waals surface area contributed by atoms with Crippen molar-refractivity contribution in [3.8, 4) is 5.75 Å². The molecule has 0 saturated carbocycles. The van der Waals surface area contributed by atoms with Crippen molar-refractivity contribution in [2.24, 2.45) is 10.2 Å². The zero-order valence-corrected chi connectivity index (χ0v) is 8.99. The van der Waals surface area contributed by atoms with Gasteiger partial charge in [0.1, 0.15) is 11.6 Å². The predicted molar refractivity (Wildman–Crippen MR) is 51.4 cm³/mol. The number of alkyl halides is 3. The minimum Gasteiger partial charge on any atom is -0.771 e. The topological polar surface area (TPSA) is 74.1 Å². The SMILES string of the molecule is O=S([O-])CN=Nc1ccc(OC(F)(F)F)cc1. The van der Waals surface area contributed by atoms with E-state index in [-0.39, 0.29) is 11.4 Å². The predicted octanol–water partition coefficient (Wildman–Crippen LogP) is 2.51. The fraction of sp³-hybridized carbons (Fsp3) is 0.250. The second-order valence-corrected chi connectivity index (χ2v) is 3.58. The molecule has 1 aromatic carbocycles. The summed E-state index contributed by atoms with van der Waals surface area (Å²) in [6.07, 6.45) is -4.75. The molecule has 17 heavy (non-hydrogen) atoms. The fourth-order valence-corrected chi connectivity index (χ4v) is 1.02. The summed E-state index contributed by atoms with van der Waals surface area (Å²) in [5.74, 6) is -0.885. The van der Waals surface area contributed by atoms with Gasteiger partial charge in [-0.25, -0.2) is 0 Å². The highest BCUT2D eigenvalue weighted by Crippen LogP contribution is 2.24. The lowest BCUT2D eigenvalue weighted by Gasteiger charge is -2.08. The monoisotopic (exact) mass is 267 g/mol. The minimum absolute atomic E-state index is 0.227. The Bertz CT molecular complexity index is 419. The van der Waals surface area contributed by atoms with Crippen molar-refractivity contribution in [2.75, 3.05) is 5.88 Å². The molecule has 9 heteroatoms. The molecule has 0 spiro atoms. The van der Waals surface area contributed by atoms with Crippen LogP contribution in [0.2, 0.25) is 0 Å². The molecule has 0 bridgehead atoms. The number of rotatable bonds is 4. The van der Waals surface area contributed by atoms with E-state index in [1.54, 1.807) is 0 Å². The van der Waals surface area contributed by atoms with Crippen LogP contribution in [-0.4, -0.2) is 21.0 Å². The summed E-state index contributed by atoms with van der Waals surface area (Å²) in [7, 11) is 0. The van der Waals surface area contributed by atoms with Gasteiger partial charge in [0.05, 0.1) is 5.69 Å². The molecule has 1 rings (SSSR count). The van der Waals surface area contributed by atoms with Gasteiger partial charge in [0, 0.05) is 0 Å². The molecule has 0 aliphatic heterocycles. The largest absolute Gasteiger partial charge is 0.771 e. The summed E-state index contributed by atoms with van der Waals surface area (Å²) in [6, 6.07) is 4.54. The van der Waals surface area contributed by atoms with E-state index in [0.717, 1.165) is 12.1 Å². The van der Waals surface area contributed by atoms with Crippen LogP contribution in [0.25, 0.3) is 0 Å². The molecule has 0 heterocycles. The maximum Gasteiger partial charge on any atom is 0.573 e. The summed E-state index contributed by atoms with van der Waals surface area (Å²) < 4.78 is 59.2. The highest BCUT2D eigenvalue weighted by Gasteiger charge is 2.30. The van der Waals surface area contributed by atoms with Crippen LogP contribution in [0, 0.1) is 0 Å². The summed E-state index contributed by atoms with van der Waals surface area (Å²) in [6.45, 7) is 0. The summed E-state index contributed by atoms with van der Waals surface area (Å²) >= 11 is -2.34.